The quantitative estimate of drug-likeness (QED) is 0.678. The van der Waals surface area contributed by atoms with Gasteiger partial charge < -0.3 is 4.98 Å². The molecule has 5 nitrogen and oxygen atoms in total. The van der Waals surface area contributed by atoms with Crippen molar-refractivity contribution < 1.29 is 4.79 Å². The van der Waals surface area contributed by atoms with E-state index in [4.69, 9.17) is 0 Å². The van der Waals surface area contributed by atoms with E-state index in [-0.39, 0.29) is 10.6 Å². The molecule has 0 unspecified atom stereocenters. The van der Waals surface area contributed by atoms with Gasteiger partial charge in [0.15, 0.2) is 6.29 Å². The fraction of sp³-hybridized carbons (Fsp3) is 0.154. The van der Waals surface area contributed by atoms with Gasteiger partial charge in [0.1, 0.15) is 5.56 Å². The normalized spacial score (nSPS) is 10.4. The minimum atomic E-state index is -0.589. The summed E-state index contributed by atoms with van der Waals surface area (Å²) >= 11 is 1.18. The second-order valence-electron chi connectivity index (χ2n) is 4.07. The monoisotopic (exact) mass is 276 g/mol. The molecule has 0 aliphatic carbocycles. The van der Waals surface area contributed by atoms with Crippen molar-refractivity contribution in [1.29, 1.82) is 0 Å². The van der Waals surface area contributed by atoms with Crippen LogP contribution >= 0.6 is 11.8 Å². The highest BCUT2D eigenvalue weighted by Gasteiger charge is 2.12. The average Bonchev–Trinajstić information content (AvgIpc) is 2.39. The fourth-order valence-corrected chi connectivity index (χ4v) is 2.42. The Morgan fingerprint density at radius 3 is 2.42 bits per heavy atom. The predicted molar refractivity (Wildman–Crippen MR) is 73.0 cm³/mol. The third-order valence-electron chi connectivity index (χ3n) is 2.66. The first-order valence-corrected chi connectivity index (χ1v) is 6.37. The van der Waals surface area contributed by atoms with Crippen molar-refractivity contribution in [1.82, 2.24) is 9.55 Å². The largest absolute Gasteiger partial charge is 0.328 e. The highest BCUT2D eigenvalue weighted by atomic mass is 32.2. The molecule has 2 aromatic rings. The SMILES string of the molecule is Cc1ccc(Sc2[nH]c(=O)n(C)c(=O)c2C=O)cc1. The van der Waals surface area contributed by atoms with E-state index in [0.717, 1.165) is 15.0 Å². The number of nitrogens with one attached hydrogen (secondary N) is 1. The van der Waals surface area contributed by atoms with E-state index in [1.54, 1.807) is 0 Å². The first-order valence-electron chi connectivity index (χ1n) is 5.56. The fourth-order valence-electron chi connectivity index (χ4n) is 1.53. The summed E-state index contributed by atoms with van der Waals surface area (Å²) in [7, 11) is 1.33. The Balaban J connectivity index is 2.51. The summed E-state index contributed by atoms with van der Waals surface area (Å²) in [5.74, 6) is 0. The van der Waals surface area contributed by atoms with Gasteiger partial charge in [0.2, 0.25) is 0 Å². The molecule has 0 aliphatic heterocycles. The molecule has 0 atom stereocenters. The minimum absolute atomic E-state index is 0.0346. The van der Waals surface area contributed by atoms with E-state index in [0.29, 0.717) is 6.29 Å². The number of hydrogen-bond acceptors (Lipinski definition) is 4. The number of aromatic amines is 1. The highest BCUT2D eigenvalue weighted by molar-refractivity contribution is 7.99. The van der Waals surface area contributed by atoms with E-state index in [2.05, 4.69) is 4.98 Å². The van der Waals surface area contributed by atoms with Crippen LogP contribution in [0.4, 0.5) is 0 Å². The number of H-pyrrole nitrogens is 1. The molecule has 0 saturated heterocycles. The summed E-state index contributed by atoms with van der Waals surface area (Å²) in [4.78, 5) is 37.7. The molecule has 1 N–H and O–H groups in total. The first kappa shape index (κ1) is 13.4. The third kappa shape index (κ3) is 2.68. The molecule has 0 spiro atoms. The second kappa shape index (κ2) is 5.27. The van der Waals surface area contributed by atoms with Crippen LogP contribution in [0, 0.1) is 6.92 Å². The van der Waals surface area contributed by atoms with Crippen LogP contribution in [0.25, 0.3) is 0 Å². The molecule has 1 aromatic heterocycles. The van der Waals surface area contributed by atoms with Gasteiger partial charge in [-0.1, -0.05) is 29.5 Å². The van der Waals surface area contributed by atoms with Crippen LogP contribution in [0.1, 0.15) is 15.9 Å². The topological polar surface area (TPSA) is 71.9 Å². The van der Waals surface area contributed by atoms with Crippen molar-refractivity contribution in [2.75, 3.05) is 0 Å². The predicted octanol–water partition coefficient (Wildman–Crippen LogP) is 1.35. The molecule has 0 radical (unpaired) electrons. The average molecular weight is 276 g/mol. The molecular weight excluding hydrogens is 264 g/mol. The van der Waals surface area contributed by atoms with Crippen LogP contribution in [-0.4, -0.2) is 15.8 Å². The zero-order chi connectivity index (χ0) is 14.0. The highest BCUT2D eigenvalue weighted by Crippen LogP contribution is 2.26. The molecule has 1 heterocycles. The summed E-state index contributed by atoms with van der Waals surface area (Å²) in [6.07, 6.45) is 0.467. The molecule has 2 rings (SSSR count). The number of hydrogen-bond donors (Lipinski definition) is 1. The number of benzene rings is 1. The Hall–Kier alpha value is -2.08. The zero-order valence-electron chi connectivity index (χ0n) is 10.5. The summed E-state index contributed by atoms with van der Waals surface area (Å²) in [5, 5.41) is 0.270. The lowest BCUT2D eigenvalue weighted by Gasteiger charge is -2.06. The maximum Gasteiger partial charge on any atom is 0.328 e. The van der Waals surface area contributed by atoms with Crippen LogP contribution in [0.15, 0.2) is 43.8 Å². The number of aldehydes is 1. The molecule has 0 aliphatic rings. The standard InChI is InChI=1S/C13H12N2O3S/c1-8-3-5-9(6-4-8)19-11-10(7-16)12(17)15(2)13(18)14-11/h3-7H,1-2H3,(H,14,18). The van der Waals surface area contributed by atoms with Gasteiger partial charge in [0, 0.05) is 11.9 Å². The van der Waals surface area contributed by atoms with Crippen molar-refractivity contribution in [2.24, 2.45) is 7.05 Å². The van der Waals surface area contributed by atoms with E-state index in [1.165, 1.54) is 18.8 Å². The Labute approximate surface area is 113 Å². The van der Waals surface area contributed by atoms with Gasteiger partial charge in [-0.15, -0.1) is 0 Å². The van der Waals surface area contributed by atoms with Gasteiger partial charge in [-0.05, 0) is 19.1 Å². The molecule has 0 fully saturated rings. The molecule has 1 aromatic carbocycles. The molecule has 19 heavy (non-hydrogen) atoms. The smallest absolute Gasteiger partial charge is 0.301 e. The molecule has 0 saturated carbocycles. The van der Waals surface area contributed by atoms with Crippen LogP contribution in [0.5, 0.6) is 0 Å². The van der Waals surface area contributed by atoms with E-state index in [1.807, 2.05) is 31.2 Å². The number of rotatable bonds is 3. The Morgan fingerprint density at radius 1 is 1.21 bits per heavy atom. The number of aromatic nitrogens is 2. The lowest BCUT2D eigenvalue weighted by molar-refractivity contribution is 0.111. The lowest BCUT2D eigenvalue weighted by Crippen LogP contribution is -2.35. The van der Waals surface area contributed by atoms with Crippen LogP contribution in [0.2, 0.25) is 0 Å². The molecule has 98 valence electrons. The van der Waals surface area contributed by atoms with Gasteiger partial charge >= 0.3 is 5.69 Å². The summed E-state index contributed by atoms with van der Waals surface area (Å²) in [6, 6.07) is 7.57. The maximum atomic E-state index is 11.8. The van der Waals surface area contributed by atoms with Gasteiger partial charge in [-0.2, -0.15) is 0 Å². The summed E-state index contributed by atoms with van der Waals surface area (Å²) in [5.41, 5.74) is -0.0521. The van der Waals surface area contributed by atoms with E-state index >= 15 is 0 Å². The van der Waals surface area contributed by atoms with E-state index in [9.17, 15) is 14.4 Å². The van der Waals surface area contributed by atoms with Crippen LogP contribution in [-0.2, 0) is 7.05 Å². The number of carbonyl (C=O) groups excluding carboxylic acids is 1. The van der Waals surface area contributed by atoms with E-state index < -0.39 is 11.2 Å². The molecule has 0 bridgehead atoms. The third-order valence-corrected chi connectivity index (χ3v) is 3.70. The van der Waals surface area contributed by atoms with Gasteiger partial charge in [0.05, 0.1) is 5.03 Å². The summed E-state index contributed by atoms with van der Waals surface area (Å²) in [6.45, 7) is 1.96. The Kier molecular flexibility index (Phi) is 3.71. The zero-order valence-corrected chi connectivity index (χ0v) is 11.3. The van der Waals surface area contributed by atoms with Crippen molar-refractivity contribution >= 4 is 18.0 Å². The van der Waals surface area contributed by atoms with Gasteiger partial charge in [0.25, 0.3) is 5.56 Å². The summed E-state index contributed by atoms with van der Waals surface area (Å²) < 4.78 is 0.878. The number of nitrogens with zero attached hydrogens (tertiary/aromatic N) is 1. The van der Waals surface area contributed by atoms with Crippen molar-refractivity contribution in [3.8, 4) is 0 Å². The lowest BCUT2D eigenvalue weighted by atomic mass is 10.2. The Morgan fingerprint density at radius 2 is 1.84 bits per heavy atom. The maximum absolute atomic E-state index is 11.8. The minimum Gasteiger partial charge on any atom is -0.301 e. The molecular formula is C13H12N2O3S. The number of aryl methyl sites for hydroxylation is 1. The van der Waals surface area contributed by atoms with Gasteiger partial charge in [-0.25, -0.2) is 4.79 Å². The number of carbonyl (C=O) groups is 1. The Bertz CT molecular complexity index is 729. The van der Waals surface area contributed by atoms with Crippen LogP contribution in [0.3, 0.4) is 0 Å². The van der Waals surface area contributed by atoms with Crippen molar-refractivity contribution in [3.63, 3.8) is 0 Å². The van der Waals surface area contributed by atoms with Crippen LogP contribution < -0.4 is 11.2 Å². The van der Waals surface area contributed by atoms with Crippen molar-refractivity contribution in [2.45, 2.75) is 16.8 Å². The first-order chi connectivity index (χ1) is 9.02. The van der Waals surface area contributed by atoms with Crippen molar-refractivity contribution in [3.05, 3.63) is 56.2 Å². The van der Waals surface area contributed by atoms with Gasteiger partial charge in [-0.3, -0.25) is 14.2 Å². The second-order valence-corrected chi connectivity index (χ2v) is 5.15. The molecule has 6 heteroatoms. The molecule has 0 amide bonds.